The molecular weight excluding hydrogens is 166 g/mol. The molecule has 0 aromatic carbocycles. The first-order chi connectivity index (χ1) is 4.31. The second-order valence-corrected chi connectivity index (χ2v) is 4.42. The summed E-state index contributed by atoms with van der Waals surface area (Å²) in [4.78, 5) is 0. The molecule has 0 aromatic rings. The van der Waals surface area contributed by atoms with Crippen LogP contribution in [-0.2, 0) is 4.52 Å². The fraction of sp³-hybridized carbons (Fsp3) is 1.00. The van der Waals surface area contributed by atoms with Crippen molar-refractivity contribution in [3.8, 4) is 0 Å². The summed E-state index contributed by atoms with van der Waals surface area (Å²) in [7, 11) is -3.88. The number of halogens is 3. The smallest absolute Gasteiger partial charge is 0.338 e. The zero-order valence-corrected chi connectivity index (χ0v) is 6.59. The summed E-state index contributed by atoms with van der Waals surface area (Å²) >= 11 is 0. The predicted octanol–water partition coefficient (Wildman–Crippen LogP) is 2.87. The van der Waals surface area contributed by atoms with Gasteiger partial charge in [-0.2, -0.15) is 13.2 Å². The first-order valence-electron chi connectivity index (χ1n) is 2.64. The molecular formula is C4H9F3NOP. The predicted molar refractivity (Wildman–Crippen MR) is 33.2 cm³/mol. The Morgan fingerprint density at radius 2 is 1.90 bits per heavy atom. The van der Waals surface area contributed by atoms with Crippen LogP contribution in [-0.4, -0.2) is 19.2 Å². The van der Waals surface area contributed by atoms with E-state index >= 15 is 0 Å². The fourth-order valence-electron chi connectivity index (χ4n) is 0.331. The lowest BCUT2D eigenvalue weighted by Crippen LogP contribution is -2.09. The Hall–Kier alpha value is -0.0200. The molecule has 0 radical (unpaired) electrons. The molecule has 0 aliphatic carbocycles. The molecule has 1 N–H and O–H groups in total. The molecule has 0 heterocycles. The monoisotopic (exact) mass is 175 g/mol. The van der Waals surface area contributed by atoms with Gasteiger partial charge < -0.3 is 4.52 Å². The van der Waals surface area contributed by atoms with Crippen LogP contribution in [0, 0.1) is 5.16 Å². The van der Waals surface area contributed by atoms with Gasteiger partial charge in [-0.25, -0.2) is 0 Å². The highest BCUT2D eigenvalue weighted by atomic mass is 31.2. The van der Waals surface area contributed by atoms with Crippen LogP contribution in [0.2, 0.25) is 0 Å². The van der Waals surface area contributed by atoms with Crippen molar-refractivity contribution in [3.05, 3.63) is 0 Å². The van der Waals surface area contributed by atoms with Gasteiger partial charge in [0.1, 0.15) is 0 Å². The van der Waals surface area contributed by atoms with Crippen molar-refractivity contribution in [1.29, 1.82) is 5.16 Å². The molecule has 0 bridgehead atoms. The lowest BCUT2D eigenvalue weighted by molar-refractivity contribution is -0.0522. The lowest BCUT2D eigenvalue weighted by atomic mass is 10.9. The minimum Gasteiger partial charge on any atom is -0.338 e. The molecule has 0 aliphatic rings. The maximum absolute atomic E-state index is 11.8. The topological polar surface area (TPSA) is 33.1 Å². The van der Waals surface area contributed by atoms with Gasteiger partial charge in [-0.3, -0.25) is 5.16 Å². The van der Waals surface area contributed by atoms with Crippen LogP contribution in [0.3, 0.4) is 0 Å². The largest absolute Gasteiger partial charge is 0.444 e. The number of hydrogen-bond donors (Lipinski definition) is 1. The van der Waals surface area contributed by atoms with Crippen LogP contribution in [0.1, 0.15) is 6.92 Å². The summed E-state index contributed by atoms with van der Waals surface area (Å²) in [5.74, 6) is -4.50. The number of nitrogens with one attached hydrogen (secondary N) is 1. The van der Waals surface area contributed by atoms with Crippen molar-refractivity contribution >= 4 is 7.28 Å². The van der Waals surface area contributed by atoms with Crippen LogP contribution in [0.25, 0.3) is 0 Å². The Bertz CT molecular complexity index is 155. The fourth-order valence-corrected chi connectivity index (χ4v) is 0.994. The van der Waals surface area contributed by atoms with Gasteiger partial charge in [0.25, 0.3) is 0 Å². The molecule has 0 rings (SSSR count). The Morgan fingerprint density at radius 3 is 2.00 bits per heavy atom. The highest BCUT2D eigenvalue weighted by Gasteiger charge is 2.43. The van der Waals surface area contributed by atoms with E-state index in [4.69, 9.17) is 5.16 Å². The Balaban J connectivity index is 4.26. The maximum Gasteiger partial charge on any atom is 0.444 e. The molecule has 1 unspecified atom stereocenters. The molecule has 0 aromatic heterocycles. The van der Waals surface area contributed by atoms with E-state index in [1.165, 1.54) is 6.92 Å². The highest BCUT2D eigenvalue weighted by molar-refractivity contribution is 7.60. The van der Waals surface area contributed by atoms with Gasteiger partial charge >= 0.3 is 5.92 Å². The third-order valence-corrected chi connectivity index (χ3v) is 2.61. The Morgan fingerprint density at radius 1 is 1.50 bits per heavy atom. The summed E-state index contributed by atoms with van der Waals surface area (Å²) in [6, 6.07) is 0. The number of rotatable bonds is 2. The van der Waals surface area contributed by atoms with Crippen molar-refractivity contribution in [2.75, 3.05) is 13.3 Å². The average molecular weight is 175 g/mol. The van der Waals surface area contributed by atoms with E-state index in [0.29, 0.717) is 0 Å². The zero-order valence-electron chi connectivity index (χ0n) is 5.70. The van der Waals surface area contributed by atoms with E-state index < -0.39 is 13.2 Å². The van der Waals surface area contributed by atoms with E-state index in [1.807, 2.05) is 0 Å². The minimum atomic E-state index is -4.50. The third kappa shape index (κ3) is 2.31. The van der Waals surface area contributed by atoms with E-state index in [0.717, 1.165) is 6.66 Å². The molecule has 6 heteroatoms. The van der Waals surface area contributed by atoms with Crippen molar-refractivity contribution in [2.24, 2.45) is 0 Å². The molecule has 0 aliphatic heterocycles. The van der Waals surface area contributed by atoms with Gasteiger partial charge in [0, 0.05) is 6.66 Å². The third-order valence-electron chi connectivity index (χ3n) is 0.871. The average Bonchev–Trinajstić information content (AvgIpc) is 1.61. The first-order valence-corrected chi connectivity index (χ1v) is 4.79. The molecule has 0 saturated carbocycles. The van der Waals surface area contributed by atoms with Gasteiger partial charge in [-0.05, 0) is 6.92 Å². The number of hydrogen-bond acceptors (Lipinski definition) is 2. The SMILES string of the molecule is CCOP(C)(=N)C(F)(F)F. The second kappa shape index (κ2) is 2.93. The van der Waals surface area contributed by atoms with Crippen LogP contribution < -0.4 is 0 Å². The maximum atomic E-state index is 11.8. The van der Waals surface area contributed by atoms with Crippen molar-refractivity contribution in [2.45, 2.75) is 12.8 Å². The van der Waals surface area contributed by atoms with E-state index in [2.05, 4.69) is 4.52 Å². The minimum absolute atomic E-state index is 0.0622. The van der Waals surface area contributed by atoms with Gasteiger partial charge in [0.2, 0.25) is 0 Å². The molecule has 1 atom stereocenters. The van der Waals surface area contributed by atoms with Gasteiger partial charge in [-0.15, -0.1) is 0 Å². The summed E-state index contributed by atoms with van der Waals surface area (Å²) in [5, 5.41) is 6.74. The zero-order chi connectivity index (χ0) is 8.41. The van der Waals surface area contributed by atoms with E-state index in [9.17, 15) is 13.2 Å². The normalized spacial score (nSPS) is 18.5. The number of alkyl halides is 3. The van der Waals surface area contributed by atoms with Gasteiger partial charge in [0.15, 0.2) is 7.28 Å². The molecule has 0 amide bonds. The van der Waals surface area contributed by atoms with Crippen molar-refractivity contribution in [3.63, 3.8) is 0 Å². The molecule has 62 valence electrons. The molecule has 10 heavy (non-hydrogen) atoms. The van der Waals surface area contributed by atoms with Gasteiger partial charge in [0.05, 0.1) is 6.61 Å². The summed E-state index contributed by atoms with van der Waals surface area (Å²) in [5.41, 5.74) is 0. The lowest BCUT2D eigenvalue weighted by Gasteiger charge is -2.19. The molecule has 0 saturated heterocycles. The highest BCUT2D eigenvalue weighted by Crippen LogP contribution is 2.59. The Labute approximate surface area is 57.3 Å². The van der Waals surface area contributed by atoms with Crippen LogP contribution in [0.4, 0.5) is 13.2 Å². The van der Waals surface area contributed by atoms with Crippen LogP contribution in [0.15, 0.2) is 0 Å². The standard InChI is InChI=1S/C4H9F3NOP/c1-3-9-10(2,8)4(5,6)7/h8H,3H2,1-2H3. The first kappa shape index (κ1) is 9.98. The Kier molecular flexibility index (Phi) is 2.92. The van der Waals surface area contributed by atoms with Crippen LogP contribution >= 0.6 is 7.28 Å². The second-order valence-electron chi connectivity index (χ2n) is 1.81. The van der Waals surface area contributed by atoms with Gasteiger partial charge in [-0.1, -0.05) is 0 Å². The van der Waals surface area contributed by atoms with E-state index in [-0.39, 0.29) is 6.61 Å². The van der Waals surface area contributed by atoms with Crippen LogP contribution in [0.5, 0.6) is 0 Å². The van der Waals surface area contributed by atoms with Crippen molar-refractivity contribution < 1.29 is 17.7 Å². The summed E-state index contributed by atoms with van der Waals surface area (Å²) < 4.78 is 39.5. The van der Waals surface area contributed by atoms with Crippen molar-refractivity contribution in [1.82, 2.24) is 0 Å². The molecule has 0 spiro atoms. The van der Waals surface area contributed by atoms with E-state index in [1.54, 1.807) is 0 Å². The quantitative estimate of drug-likeness (QED) is 0.643. The molecule has 2 nitrogen and oxygen atoms in total. The summed E-state index contributed by atoms with van der Waals surface area (Å²) in [6.07, 6.45) is 0. The molecule has 0 fully saturated rings. The summed E-state index contributed by atoms with van der Waals surface area (Å²) in [6.45, 7) is 2.17.